The molecule has 0 radical (unpaired) electrons. The molecule has 18 heavy (non-hydrogen) atoms. The van der Waals surface area contributed by atoms with Gasteiger partial charge in [0.1, 0.15) is 11.9 Å². The van der Waals surface area contributed by atoms with Crippen LogP contribution in [0.1, 0.15) is 27.7 Å². The van der Waals surface area contributed by atoms with E-state index in [0.29, 0.717) is 0 Å². The molecule has 1 heterocycles. The van der Waals surface area contributed by atoms with Gasteiger partial charge in [0, 0.05) is 12.4 Å². The standard InChI is InChI=1S/C11H17N3O4/c1-8(9(15)16)14(13-6-5-12-7-13)10(17)18-11(2,3)4/h5-8H,1-4H3,(H,15,16)/t8-/m1/s1. The Morgan fingerprint density at radius 3 is 2.44 bits per heavy atom. The number of hydrogen-bond donors (Lipinski definition) is 1. The zero-order valence-electron chi connectivity index (χ0n) is 10.8. The van der Waals surface area contributed by atoms with E-state index < -0.39 is 23.7 Å². The second-order valence-corrected chi connectivity index (χ2v) is 4.78. The fraction of sp³-hybridized carbons (Fsp3) is 0.545. The van der Waals surface area contributed by atoms with E-state index in [-0.39, 0.29) is 0 Å². The number of carboxylic acids is 1. The molecule has 0 aromatic carbocycles. The third kappa shape index (κ3) is 3.47. The van der Waals surface area contributed by atoms with Crippen molar-refractivity contribution in [2.45, 2.75) is 39.3 Å². The maximum absolute atomic E-state index is 12.0. The second-order valence-electron chi connectivity index (χ2n) is 4.78. The van der Waals surface area contributed by atoms with Crippen LogP contribution < -0.4 is 5.01 Å². The SMILES string of the molecule is C[C@H](C(=O)O)N(C(=O)OC(C)(C)C)n1ccnc1. The summed E-state index contributed by atoms with van der Waals surface area (Å²) in [6.07, 6.45) is 3.52. The van der Waals surface area contributed by atoms with Gasteiger partial charge in [-0.15, -0.1) is 0 Å². The van der Waals surface area contributed by atoms with Crippen LogP contribution in [0.15, 0.2) is 18.7 Å². The Hall–Kier alpha value is -2.05. The summed E-state index contributed by atoms with van der Waals surface area (Å²) in [6.45, 7) is 6.53. The van der Waals surface area contributed by atoms with E-state index in [1.165, 1.54) is 30.3 Å². The highest BCUT2D eigenvalue weighted by atomic mass is 16.6. The molecule has 0 aliphatic carbocycles. The number of imidazole rings is 1. The number of carbonyl (C=O) groups is 2. The zero-order chi connectivity index (χ0) is 13.9. The van der Waals surface area contributed by atoms with Gasteiger partial charge in [-0.1, -0.05) is 0 Å². The van der Waals surface area contributed by atoms with Crippen molar-refractivity contribution < 1.29 is 19.4 Å². The van der Waals surface area contributed by atoms with Crippen molar-refractivity contribution >= 4 is 12.1 Å². The molecule has 0 unspecified atom stereocenters. The van der Waals surface area contributed by atoms with E-state index in [2.05, 4.69) is 4.98 Å². The number of carboxylic acid groups (broad SMARTS) is 1. The van der Waals surface area contributed by atoms with Gasteiger partial charge in [0.05, 0.1) is 0 Å². The summed E-state index contributed by atoms with van der Waals surface area (Å²) in [7, 11) is 0. The fourth-order valence-corrected chi connectivity index (χ4v) is 1.25. The minimum absolute atomic E-state index is 0.700. The van der Waals surface area contributed by atoms with Crippen molar-refractivity contribution in [2.75, 3.05) is 5.01 Å². The quantitative estimate of drug-likeness (QED) is 0.878. The third-order valence-electron chi connectivity index (χ3n) is 2.04. The van der Waals surface area contributed by atoms with Crippen LogP contribution in [0.4, 0.5) is 4.79 Å². The first-order chi connectivity index (χ1) is 8.22. The van der Waals surface area contributed by atoms with E-state index in [4.69, 9.17) is 9.84 Å². The zero-order valence-corrected chi connectivity index (χ0v) is 10.8. The molecule has 1 rings (SSSR count). The topological polar surface area (TPSA) is 84.7 Å². The Labute approximate surface area is 105 Å². The molecule has 0 spiro atoms. The van der Waals surface area contributed by atoms with Gasteiger partial charge in [-0.2, -0.15) is 5.01 Å². The molecule has 1 N–H and O–H groups in total. The molecule has 1 atom stereocenters. The molecule has 0 bridgehead atoms. The Kier molecular flexibility index (Phi) is 3.95. The van der Waals surface area contributed by atoms with Crippen LogP contribution >= 0.6 is 0 Å². The first kappa shape index (κ1) is 14.0. The Balaban J connectivity index is 2.99. The summed E-state index contributed by atoms with van der Waals surface area (Å²) in [4.78, 5) is 26.8. The molecule has 0 saturated carbocycles. The molecular weight excluding hydrogens is 238 g/mol. The average Bonchev–Trinajstić information content (AvgIpc) is 2.67. The predicted octanol–water partition coefficient (Wildman–Crippen LogP) is 1.23. The van der Waals surface area contributed by atoms with E-state index in [1.807, 2.05) is 0 Å². The summed E-state index contributed by atoms with van der Waals surface area (Å²) >= 11 is 0. The smallest absolute Gasteiger partial charge is 0.430 e. The van der Waals surface area contributed by atoms with E-state index in [1.54, 1.807) is 20.8 Å². The summed E-state index contributed by atoms with van der Waals surface area (Å²) in [5.41, 5.74) is -0.700. The fourth-order valence-electron chi connectivity index (χ4n) is 1.25. The lowest BCUT2D eigenvalue weighted by atomic mass is 10.2. The molecule has 0 aliphatic heterocycles. The van der Waals surface area contributed by atoms with Crippen LogP contribution in [-0.4, -0.2) is 38.5 Å². The molecule has 7 heteroatoms. The number of ether oxygens (including phenoxy) is 1. The summed E-state index contributed by atoms with van der Waals surface area (Å²) in [6, 6.07) is -1.06. The van der Waals surface area contributed by atoms with Gasteiger partial charge in [0.25, 0.3) is 0 Å². The minimum atomic E-state index is -1.13. The van der Waals surface area contributed by atoms with Crippen molar-refractivity contribution in [2.24, 2.45) is 0 Å². The summed E-state index contributed by atoms with van der Waals surface area (Å²) < 4.78 is 6.45. The van der Waals surface area contributed by atoms with Crippen molar-refractivity contribution in [3.05, 3.63) is 18.7 Å². The molecule has 7 nitrogen and oxygen atoms in total. The largest absolute Gasteiger partial charge is 0.480 e. The Morgan fingerprint density at radius 2 is 2.06 bits per heavy atom. The maximum Gasteiger partial charge on any atom is 0.430 e. The molecule has 1 aromatic heterocycles. The van der Waals surface area contributed by atoms with Gasteiger partial charge in [0.15, 0.2) is 6.04 Å². The molecule has 0 fully saturated rings. The summed E-state index contributed by atoms with van der Waals surface area (Å²) in [5, 5.41) is 10.0. The van der Waals surface area contributed by atoms with E-state index in [9.17, 15) is 9.59 Å². The molecular formula is C11H17N3O4. The lowest BCUT2D eigenvalue weighted by Gasteiger charge is -2.29. The van der Waals surface area contributed by atoms with Crippen molar-refractivity contribution in [3.8, 4) is 0 Å². The number of hydrogen-bond acceptors (Lipinski definition) is 4. The van der Waals surface area contributed by atoms with Crippen molar-refractivity contribution in [1.82, 2.24) is 9.66 Å². The van der Waals surface area contributed by atoms with Crippen LogP contribution in [-0.2, 0) is 9.53 Å². The highest BCUT2D eigenvalue weighted by molar-refractivity contribution is 5.88. The number of nitrogens with zero attached hydrogens (tertiary/aromatic N) is 3. The molecule has 1 aromatic rings. The Bertz CT molecular complexity index is 422. The highest BCUT2D eigenvalue weighted by Crippen LogP contribution is 2.11. The number of rotatable bonds is 3. The van der Waals surface area contributed by atoms with E-state index in [0.717, 1.165) is 5.01 Å². The molecule has 0 saturated heterocycles. The highest BCUT2D eigenvalue weighted by Gasteiger charge is 2.31. The van der Waals surface area contributed by atoms with Crippen LogP contribution in [0.3, 0.4) is 0 Å². The third-order valence-corrected chi connectivity index (χ3v) is 2.04. The average molecular weight is 255 g/mol. The number of aromatic nitrogens is 2. The Morgan fingerprint density at radius 1 is 1.44 bits per heavy atom. The second kappa shape index (κ2) is 5.07. The lowest BCUT2D eigenvalue weighted by Crippen LogP contribution is -2.51. The first-order valence-corrected chi connectivity index (χ1v) is 5.45. The van der Waals surface area contributed by atoms with Gasteiger partial charge < -0.3 is 9.84 Å². The van der Waals surface area contributed by atoms with Gasteiger partial charge in [-0.25, -0.2) is 19.2 Å². The van der Waals surface area contributed by atoms with Gasteiger partial charge >= 0.3 is 12.1 Å². The molecule has 1 amide bonds. The van der Waals surface area contributed by atoms with Crippen LogP contribution in [0.25, 0.3) is 0 Å². The first-order valence-electron chi connectivity index (χ1n) is 5.45. The van der Waals surface area contributed by atoms with E-state index >= 15 is 0 Å². The lowest BCUT2D eigenvalue weighted by molar-refractivity contribution is -0.138. The number of amides is 1. The van der Waals surface area contributed by atoms with Gasteiger partial charge in [-0.3, -0.25) is 0 Å². The van der Waals surface area contributed by atoms with Crippen LogP contribution in [0, 0.1) is 0 Å². The van der Waals surface area contributed by atoms with Crippen LogP contribution in [0.5, 0.6) is 0 Å². The normalized spacial score (nSPS) is 12.9. The number of carbonyl (C=O) groups excluding carboxylic acids is 1. The van der Waals surface area contributed by atoms with Crippen molar-refractivity contribution in [1.29, 1.82) is 0 Å². The minimum Gasteiger partial charge on any atom is -0.480 e. The monoisotopic (exact) mass is 255 g/mol. The predicted molar refractivity (Wildman–Crippen MR) is 63.8 cm³/mol. The van der Waals surface area contributed by atoms with Gasteiger partial charge in [0.2, 0.25) is 0 Å². The van der Waals surface area contributed by atoms with Gasteiger partial charge in [-0.05, 0) is 27.7 Å². The molecule has 0 aliphatic rings. The summed E-state index contributed by atoms with van der Waals surface area (Å²) in [5.74, 6) is -1.13. The van der Waals surface area contributed by atoms with Crippen molar-refractivity contribution in [3.63, 3.8) is 0 Å². The maximum atomic E-state index is 12.0. The number of aliphatic carboxylic acids is 1. The molecule has 100 valence electrons. The van der Waals surface area contributed by atoms with Crippen LogP contribution in [0.2, 0.25) is 0 Å².